The van der Waals surface area contributed by atoms with Gasteiger partial charge in [0, 0.05) is 13.0 Å². The van der Waals surface area contributed by atoms with Crippen LogP contribution in [0.4, 0.5) is 4.79 Å². The van der Waals surface area contributed by atoms with Gasteiger partial charge >= 0.3 is 6.09 Å². The monoisotopic (exact) mass is 371 g/mol. The Balaban J connectivity index is 1.60. The minimum Gasteiger partial charge on any atom is -0.444 e. The maximum Gasteiger partial charge on any atom is 0.410 e. The second kappa shape index (κ2) is 8.55. The Morgan fingerprint density at radius 1 is 1.19 bits per heavy atom. The van der Waals surface area contributed by atoms with Gasteiger partial charge < -0.3 is 9.15 Å². The lowest BCUT2D eigenvalue weighted by Crippen LogP contribution is -2.42. The van der Waals surface area contributed by atoms with Crippen LogP contribution in [0.2, 0.25) is 0 Å². The zero-order valence-corrected chi connectivity index (χ0v) is 16.5. The summed E-state index contributed by atoms with van der Waals surface area (Å²) in [5.74, 6) is 1.16. The van der Waals surface area contributed by atoms with Crippen molar-refractivity contribution in [2.24, 2.45) is 0 Å². The van der Waals surface area contributed by atoms with Gasteiger partial charge in [0.25, 0.3) is 0 Å². The first-order valence-electron chi connectivity index (χ1n) is 9.78. The summed E-state index contributed by atoms with van der Waals surface area (Å²) in [4.78, 5) is 14.3. The Labute approximate surface area is 160 Å². The van der Waals surface area contributed by atoms with E-state index in [9.17, 15) is 4.79 Å². The fourth-order valence-electron chi connectivity index (χ4n) is 3.32. The van der Waals surface area contributed by atoms with Crippen LogP contribution in [-0.2, 0) is 17.6 Å². The molecule has 1 aromatic heterocycles. The molecule has 1 fully saturated rings. The van der Waals surface area contributed by atoms with Gasteiger partial charge in [-0.05, 0) is 58.4 Å². The number of nitrogens with zero attached hydrogens (tertiary/aromatic N) is 3. The molecule has 0 N–H and O–H groups in total. The molecule has 0 unspecified atom stereocenters. The zero-order chi connectivity index (χ0) is 19.3. The predicted molar refractivity (Wildman–Crippen MR) is 102 cm³/mol. The summed E-state index contributed by atoms with van der Waals surface area (Å²) in [5, 5.41) is 8.42. The van der Waals surface area contributed by atoms with Crippen molar-refractivity contribution in [3.8, 4) is 0 Å². The van der Waals surface area contributed by atoms with Crippen LogP contribution in [0.15, 0.2) is 34.7 Å². The maximum absolute atomic E-state index is 12.5. The lowest BCUT2D eigenvalue weighted by Gasteiger charge is -2.34. The number of aryl methyl sites for hydroxylation is 2. The summed E-state index contributed by atoms with van der Waals surface area (Å²) in [6.45, 7) is 6.29. The average Bonchev–Trinajstić information content (AvgIpc) is 3.10. The Bertz CT molecular complexity index is 737. The molecule has 1 aliphatic rings. The number of likely N-dealkylation sites (tertiary alicyclic amines) is 1. The molecule has 146 valence electrons. The third-order valence-electron chi connectivity index (χ3n) is 4.60. The largest absolute Gasteiger partial charge is 0.444 e. The highest BCUT2D eigenvalue weighted by atomic mass is 16.6. The second-order valence-corrected chi connectivity index (χ2v) is 8.06. The van der Waals surface area contributed by atoms with Gasteiger partial charge in [-0.15, -0.1) is 10.2 Å². The van der Waals surface area contributed by atoms with Crippen LogP contribution in [0.3, 0.4) is 0 Å². The van der Waals surface area contributed by atoms with E-state index in [1.54, 1.807) is 4.90 Å². The van der Waals surface area contributed by atoms with Crippen molar-refractivity contribution >= 4 is 6.09 Å². The van der Waals surface area contributed by atoms with Crippen LogP contribution < -0.4 is 0 Å². The van der Waals surface area contributed by atoms with E-state index < -0.39 is 5.60 Å². The van der Waals surface area contributed by atoms with Crippen molar-refractivity contribution < 1.29 is 13.9 Å². The average molecular weight is 371 g/mol. The van der Waals surface area contributed by atoms with Gasteiger partial charge in [-0.25, -0.2) is 4.79 Å². The van der Waals surface area contributed by atoms with Crippen LogP contribution in [0.5, 0.6) is 0 Å². The lowest BCUT2D eigenvalue weighted by atomic mass is 10.0. The van der Waals surface area contributed by atoms with Crippen molar-refractivity contribution in [2.75, 3.05) is 6.54 Å². The Morgan fingerprint density at radius 2 is 1.96 bits per heavy atom. The molecule has 0 saturated carbocycles. The van der Waals surface area contributed by atoms with E-state index in [0.29, 0.717) is 18.3 Å². The number of carbonyl (C=O) groups excluding carboxylic acids is 1. The number of amides is 1. The summed E-state index contributed by atoms with van der Waals surface area (Å²) in [5.41, 5.74) is 0.789. The molecule has 0 radical (unpaired) electrons. The molecule has 1 atom stereocenters. The van der Waals surface area contributed by atoms with E-state index in [2.05, 4.69) is 34.5 Å². The zero-order valence-electron chi connectivity index (χ0n) is 16.5. The molecule has 0 bridgehead atoms. The molecule has 1 aromatic carbocycles. The van der Waals surface area contributed by atoms with Crippen molar-refractivity contribution in [3.05, 3.63) is 47.7 Å². The number of ether oxygens (including phenoxy) is 1. The Hall–Kier alpha value is -2.37. The fourth-order valence-corrected chi connectivity index (χ4v) is 3.32. The first-order valence-corrected chi connectivity index (χ1v) is 9.78. The van der Waals surface area contributed by atoms with E-state index in [1.807, 2.05) is 26.8 Å². The van der Waals surface area contributed by atoms with Gasteiger partial charge in [0.15, 0.2) is 0 Å². The minimum atomic E-state index is -0.517. The normalized spacial score (nSPS) is 17.7. The van der Waals surface area contributed by atoms with Gasteiger partial charge in [0.1, 0.15) is 11.6 Å². The summed E-state index contributed by atoms with van der Waals surface area (Å²) in [6.07, 6.45) is 5.18. The van der Waals surface area contributed by atoms with E-state index in [4.69, 9.17) is 9.15 Å². The van der Waals surface area contributed by atoms with E-state index >= 15 is 0 Å². The standard InChI is InChI=1S/C21H29N3O3/c1-21(2,3)27-20(25)24-15-8-7-13-17(24)19-23-22-18(26-19)14-9-12-16-10-5-4-6-11-16/h4-6,10-11,17H,7-9,12-15H2,1-3H3/t17-/m0/s1. The van der Waals surface area contributed by atoms with Gasteiger partial charge in [0.05, 0.1) is 0 Å². The Kier molecular flexibility index (Phi) is 6.14. The van der Waals surface area contributed by atoms with Crippen LogP contribution in [-0.4, -0.2) is 33.3 Å². The highest BCUT2D eigenvalue weighted by molar-refractivity contribution is 5.68. The third kappa shape index (κ3) is 5.55. The molecule has 6 nitrogen and oxygen atoms in total. The molecule has 3 rings (SSSR count). The highest BCUT2D eigenvalue weighted by Gasteiger charge is 2.34. The SMILES string of the molecule is CC(C)(C)OC(=O)N1CCCC[C@H]1c1nnc(CCCc2ccccc2)o1. The summed E-state index contributed by atoms with van der Waals surface area (Å²) < 4.78 is 11.4. The molecule has 1 saturated heterocycles. The van der Waals surface area contributed by atoms with Crippen LogP contribution in [0.1, 0.15) is 69.8 Å². The number of aromatic nitrogens is 2. The molecule has 2 heterocycles. The lowest BCUT2D eigenvalue weighted by molar-refractivity contribution is 0.00595. The molecule has 2 aromatic rings. The van der Waals surface area contributed by atoms with Crippen LogP contribution >= 0.6 is 0 Å². The third-order valence-corrected chi connectivity index (χ3v) is 4.60. The number of hydrogen-bond donors (Lipinski definition) is 0. The topological polar surface area (TPSA) is 68.5 Å². The number of piperidine rings is 1. The van der Waals surface area contributed by atoms with Crippen LogP contribution in [0.25, 0.3) is 0 Å². The summed E-state index contributed by atoms with van der Waals surface area (Å²) >= 11 is 0. The minimum absolute atomic E-state index is 0.191. The van der Waals surface area contributed by atoms with Crippen molar-refractivity contribution in [1.82, 2.24) is 15.1 Å². The van der Waals surface area contributed by atoms with Crippen LogP contribution in [0, 0.1) is 0 Å². The number of benzene rings is 1. The molecule has 0 aliphatic carbocycles. The second-order valence-electron chi connectivity index (χ2n) is 8.06. The van der Waals surface area contributed by atoms with Crippen molar-refractivity contribution in [3.63, 3.8) is 0 Å². The molecule has 1 aliphatic heterocycles. The molecule has 0 spiro atoms. The number of hydrogen-bond acceptors (Lipinski definition) is 5. The molecular formula is C21H29N3O3. The fraction of sp³-hybridized carbons (Fsp3) is 0.571. The summed E-state index contributed by atoms with van der Waals surface area (Å²) in [6, 6.07) is 10.2. The first kappa shape index (κ1) is 19.4. The van der Waals surface area contributed by atoms with E-state index in [1.165, 1.54) is 5.56 Å². The maximum atomic E-state index is 12.5. The van der Waals surface area contributed by atoms with E-state index in [-0.39, 0.29) is 12.1 Å². The Morgan fingerprint density at radius 3 is 2.70 bits per heavy atom. The number of rotatable bonds is 5. The first-order chi connectivity index (χ1) is 12.9. The number of carbonyl (C=O) groups is 1. The quantitative estimate of drug-likeness (QED) is 0.761. The molecular weight excluding hydrogens is 342 g/mol. The highest BCUT2D eigenvalue weighted by Crippen LogP contribution is 2.31. The molecule has 27 heavy (non-hydrogen) atoms. The van der Waals surface area contributed by atoms with Gasteiger partial charge in [-0.2, -0.15) is 0 Å². The smallest absolute Gasteiger partial charge is 0.410 e. The van der Waals surface area contributed by atoms with Crippen molar-refractivity contribution in [1.29, 1.82) is 0 Å². The van der Waals surface area contributed by atoms with Gasteiger partial charge in [0.2, 0.25) is 11.8 Å². The van der Waals surface area contributed by atoms with Gasteiger partial charge in [-0.3, -0.25) is 4.90 Å². The molecule has 6 heteroatoms. The predicted octanol–water partition coefficient (Wildman–Crippen LogP) is 4.71. The molecule has 1 amide bonds. The van der Waals surface area contributed by atoms with Gasteiger partial charge in [-0.1, -0.05) is 30.3 Å². The van der Waals surface area contributed by atoms with Crippen molar-refractivity contribution in [2.45, 2.75) is 70.9 Å². The van der Waals surface area contributed by atoms with E-state index in [0.717, 1.165) is 38.5 Å². The summed E-state index contributed by atoms with van der Waals surface area (Å²) in [7, 11) is 0.